The van der Waals surface area contributed by atoms with Crippen LogP contribution in [0.15, 0.2) is 0 Å². The van der Waals surface area contributed by atoms with E-state index in [4.69, 9.17) is 19.7 Å². The molecule has 12 heteroatoms. The first kappa shape index (κ1) is 15.1. The molecule has 4 rings (SSSR count). The normalized spacial score (nSPS) is 10.0. The molecular weight excluding hydrogens is 348 g/mol. The second kappa shape index (κ2) is 5.03. The first-order chi connectivity index (χ1) is 13.1. The van der Waals surface area contributed by atoms with Gasteiger partial charge in [-0.15, -0.1) is 0 Å². The molecule has 0 amide bonds. The second-order valence-corrected chi connectivity index (χ2v) is 4.93. The van der Waals surface area contributed by atoms with Gasteiger partial charge in [0.25, 0.3) is 17.5 Å². The Morgan fingerprint density at radius 2 is 1.22 bits per heavy atom. The summed E-state index contributed by atoms with van der Waals surface area (Å²) in [4.78, 5) is 22.0. The summed E-state index contributed by atoms with van der Waals surface area (Å²) in [5.41, 5.74) is -0.640. The molecule has 0 bridgehead atoms. The van der Waals surface area contributed by atoms with E-state index in [1.165, 1.54) is 0 Å². The van der Waals surface area contributed by atoms with Crippen molar-refractivity contribution in [2.24, 2.45) is 0 Å². The minimum Gasteiger partial charge on any atom is -0.372 e. The number of nitrogens with zero attached hydrogens (tertiary/aromatic N) is 12. The molecule has 0 radical (unpaired) electrons. The zero-order valence-electron chi connectivity index (χ0n) is 12.9. The Kier molecular flexibility index (Phi) is 2.82. The highest BCUT2D eigenvalue weighted by molar-refractivity contribution is 5.76. The van der Waals surface area contributed by atoms with Crippen molar-refractivity contribution in [1.29, 1.82) is 15.8 Å². The van der Waals surface area contributed by atoms with E-state index in [0.29, 0.717) is 0 Å². The van der Waals surface area contributed by atoms with Gasteiger partial charge in [0, 0.05) is 0 Å². The molecule has 0 unspecified atom stereocenters. The maximum Gasteiger partial charge on any atom is 0.465 e. The molecule has 0 spiro atoms. The van der Waals surface area contributed by atoms with Crippen molar-refractivity contribution in [3.63, 3.8) is 0 Å². The minimum atomic E-state index is -0.248. The van der Waals surface area contributed by atoms with E-state index >= 15 is 0 Å². The lowest BCUT2D eigenvalue weighted by molar-refractivity contribution is 0.982. The second-order valence-electron chi connectivity index (χ2n) is 4.93. The van der Waals surface area contributed by atoms with Gasteiger partial charge < -0.3 is 14.5 Å². The summed E-state index contributed by atoms with van der Waals surface area (Å²) >= 11 is 0. The van der Waals surface area contributed by atoms with Crippen LogP contribution in [-0.2, 0) is 0 Å². The highest BCUT2D eigenvalue weighted by atomic mass is 15.4. The average molecular weight is 348 g/mol. The van der Waals surface area contributed by atoms with Crippen LogP contribution in [0, 0.1) is 53.7 Å². The van der Waals surface area contributed by atoms with Gasteiger partial charge in [0.1, 0.15) is 18.2 Å². The Morgan fingerprint density at radius 1 is 0.667 bits per heavy atom. The summed E-state index contributed by atoms with van der Waals surface area (Å²) in [6.07, 6.45) is 0. The van der Waals surface area contributed by atoms with E-state index in [0.717, 1.165) is 13.2 Å². The molecule has 0 aliphatic heterocycles. The lowest BCUT2D eigenvalue weighted by Gasteiger charge is -1.97. The van der Waals surface area contributed by atoms with Crippen LogP contribution in [0.5, 0.6) is 0 Å². The standard InChI is InChI=1S/C15N12/c1-19-10-12(21-3)27-13-22-7(4-16)9(6-18)25(13)14-23-8(5-17)11(20-2)26(14)15(27)24-10. The maximum atomic E-state index is 9.48. The van der Waals surface area contributed by atoms with Gasteiger partial charge in [-0.2, -0.15) is 39.0 Å². The molecule has 0 fully saturated rings. The van der Waals surface area contributed by atoms with Gasteiger partial charge in [0.15, 0.2) is 17.1 Å². The van der Waals surface area contributed by atoms with Crippen LogP contribution < -0.4 is 0 Å². The average Bonchev–Trinajstić information content (AvgIpc) is 3.36. The van der Waals surface area contributed by atoms with Gasteiger partial charge in [0.2, 0.25) is 0 Å². The molecule has 0 aliphatic carbocycles. The third kappa shape index (κ3) is 1.60. The monoisotopic (exact) mass is 348 g/mol. The topological polar surface area (TPSA) is 136 Å². The summed E-state index contributed by atoms with van der Waals surface area (Å²) in [5.74, 6) is -0.799. The van der Waals surface area contributed by atoms with Gasteiger partial charge in [-0.05, 0) is 0 Å². The van der Waals surface area contributed by atoms with E-state index in [1.807, 2.05) is 6.07 Å². The molecular formula is C15N12. The number of imidazole rings is 3. The number of fused-ring (bicyclic) bond motifs is 6. The molecule has 0 saturated heterocycles. The van der Waals surface area contributed by atoms with Gasteiger partial charge in [-0.3, -0.25) is 0 Å². The molecule has 0 atom stereocenters. The van der Waals surface area contributed by atoms with Crippen molar-refractivity contribution in [3.05, 3.63) is 51.3 Å². The fourth-order valence-corrected chi connectivity index (χ4v) is 2.74. The molecule has 0 aliphatic rings. The van der Waals surface area contributed by atoms with Crippen LogP contribution in [0.25, 0.3) is 31.9 Å². The third-order valence-electron chi connectivity index (χ3n) is 3.75. The molecule has 0 N–H and O–H groups in total. The Bertz CT molecular complexity index is 1360. The molecule has 4 aromatic heterocycles. The molecule has 120 valence electrons. The Hall–Kier alpha value is -5.43. The number of aromatic nitrogens is 6. The van der Waals surface area contributed by atoms with Crippen LogP contribution in [0.1, 0.15) is 17.1 Å². The summed E-state index contributed by atoms with van der Waals surface area (Å²) in [5, 5.41) is 28.1. The largest absolute Gasteiger partial charge is 0.465 e. The summed E-state index contributed by atoms with van der Waals surface area (Å²) in [6, 6.07) is 5.41. The lowest BCUT2D eigenvalue weighted by Crippen LogP contribution is -2.04. The Balaban J connectivity index is 2.53. The lowest BCUT2D eigenvalue weighted by atomic mass is 10.4. The van der Waals surface area contributed by atoms with Gasteiger partial charge in [-0.25, -0.2) is 0 Å². The summed E-state index contributed by atoms with van der Waals surface area (Å²) in [7, 11) is 0. The highest BCUT2D eigenvalue weighted by Crippen LogP contribution is 2.34. The molecule has 4 heterocycles. The van der Waals surface area contributed by atoms with E-state index in [9.17, 15) is 15.8 Å². The number of hydrogen-bond acceptors (Lipinski definition) is 6. The third-order valence-corrected chi connectivity index (χ3v) is 3.75. The Morgan fingerprint density at radius 3 is 1.74 bits per heavy atom. The van der Waals surface area contributed by atoms with Crippen LogP contribution in [0.2, 0.25) is 0 Å². The predicted molar refractivity (Wildman–Crippen MR) is 85.6 cm³/mol. The van der Waals surface area contributed by atoms with E-state index < -0.39 is 0 Å². The maximum absolute atomic E-state index is 9.48. The highest BCUT2D eigenvalue weighted by Gasteiger charge is 2.33. The first-order valence-electron chi connectivity index (χ1n) is 6.87. The number of rotatable bonds is 0. The van der Waals surface area contributed by atoms with Crippen molar-refractivity contribution in [2.75, 3.05) is 0 Å². The molecule has 4 aromatic rings. The first-order valence-corrected chi connectivity index (χ1v) is 6.87. The molecule has 12 nitrogen and oxygen atoms in total. The molecule has 0 aromatic carbocycles. The van der Waals surface area contributed by atoms with Crippen molar-refractivity contribution in [3.8, 4) is 18.2 Å². The predicted octanol–water partition coefficient (Wildman–Crippen LogP) is 1.90. The van der Waals surface area contributed by atoms with Crippen molar-refractivity contribution in [2.45, 2.75) is 0 Å². The minimum absolute atomic E-state index is 0.0477. The number of nitriles is 3. The summed E-state index contributed by atoms with van der Waals surface area (Å²) in [6.45, 7) is 22.0. The van der Waals surface area contributed by atoms with E-state index in [1.54, 1.807) is 12.1 Å². The molecule has 0 saturated carbocycles. The zero-order chi connectivity index (χ0) is 19.3. The number of hydrogen-bond donors (Lipinski definition) is 0. The zero-order valence-corrected chi connectivity index (χ0v) is 12.9. The van der Waals surface area contributed by atoms with Crippen LogP contribution in [0.3, 0.4) is 0 Å². The van der Waals surface area contributed by atoms with Gasteiger partial charge in [0.05, 0.1) is 0 Å². The van der Waals surface area contributed by atoms with Crippen LogP contribution in [0.4, 0.5) is 17.5 Å². The van der Waals surface area contributed by atoms with Gasteiger partial charge in [-0.1, -0.05) is 24.7 Å². The molecule has 27 heavy (non-hydrogen) atoms. The van der Waals surface area contributed by atoms with Crippen molar-refractivity contribution in [1.82, 2.24) is 28.2 Å². The fraction of sp³-hybridized carbons (Fsp3) is 0. The SMILES string of the molecule is [C-]#[N+]c1nc2n3c([N+]#[C-])c(C#N)nc3n3c(C#N)c(C#N)nc3n2c1[N+]#[C-]. The van der Waals surface area contributed by atoms with E-state index in [2.05, 4.69) is 29.5 Å². The van der Waals surface area contributed by atoms with E-state index in [-0.39, 0.29) is 51.9 Å². The van der Waals surface area contributed by atoms with Crippen molar-refractivity contribution >= 4 is 34.8 Å². The smallest absolute Gasteiger partial charge is 0.372 e. The van der Waals surface area contributed by atoms with Gasteiger partial charge >= 0.3 is 17.3 Å². The fourth-order valence-electron chi connectivity index (χ4n) is 2.74. The Labute approximate surface area is 149 Å². The van der Waals surface area contributed by atoms with Crippen LogP contribution in [-0.4, -0.2) is 28.2 Å². The quantitative estimate of drug-likeness (QED) is 0.445. The van der Waals surface area contributed by atoms with Crippen LogP contribution >= 0.6 is 0 Å². The summed E-state index contributed by atoms with van der Waals surface area (Å²) < 4.78 is 3.48. The van der Waals surface area contributed by atoms with Crippen molar-refractivity contribution < 1.29 is 0 Å².